The van der Waals surface area contributed by atoms with Crippen LogP contribution in [-0.2, 0) is 29.0 Å². The lowest BCUT2D eigenvalue weighted by Crippen LogP contribution is -2.50. The van der Waals surface area contributed by atoms with Gasteiger partial charge in [0.1, 0.15) is 11.8 Å². The minimum absolute atomic E-state index is 0.102. The van der Waals surface area contributed by atoms with Crippen LogP contribution in [0.2, 0.25) is 0 Å². The van der Waals surface area contributed by atoms with Gasteiger partial charge in [0.2, 0.25) is 11.8 Å². The van der Waals surface area contributed by atoms with E-state index in [4.69, 9.17) is 4.74 Å². The second kappa shape index (κ2) is 12.2. The average molecular weight is 509 g/mol. The van der Waals surface area contributed by atoms with Crippen molar-refractivity contribution in [2.24, 2.45) is 0 Å². The van der Waals surface area contributed by atoms with Gasteiger partial charge in [0.05, 0.1) is 13.5 Å². The Hall–Kier alpha value is -3.12. The van der Waals surface area contributed by atoms with Gasteiger partial charge >= 0.3 is 0 Å². The number of ether oxygens (including phenoxy) is 1. The highest BCUT2D eigenvalue weighted by Crippen LogP contribution is 2.19. The molecule has 0 saturated heterocycles. The van der Waals surface area contributed by atoms with Gasteiger partial charge in [0.25, 0.3) is 0 Å². The fraction of sp³-hybridized carbons (Fsp3) is 0.259. The third kappa shape index (κ3) is 7.19. The van der Waals surface area contributed by atoms with Crippen LogP contribution in [0.4, 0.5) is 0 Å². The van der Waals surface area contributed by atoms with E-state index in [0.717, 1.165) is 26.9 Å². The SMILES string of the molecule is CCNC(=O)C(Cc1ccccc1)N(Cc1ccc(Br)cc1)C(=O)Cc1ccc(OC)cc1. The van der Waals surface area contributed by atoms with Gasteiger partial charge in [-0.25, -0.2) is 0 Å². The van der Waals surface area contributed by atoms with Crippen LogP contribution in [0.5, 0.6) is 5.75 Å². The molecule has 6 heteroatoms. The van der Waals surface area contributed by atoms with Crippen molar-refractivity contribution in [2.45, 2.75) is 32.4 Å². The highest BCUT2D eigenvalue weighted by Gasteiger charge is 2.30. The van der Waals surface area contributed by atoms with E-state index < -0.39 is 6.04 Å². The van der Waals surface area contributed by atoms with Crippen molar-refractivity contribution >= 4 is 27.7 Å². The Balaban J connectivity index is 1.92. The lowest BCUT2D eigenvalue weighted by molar-refractivity contribution is -0.140. The fourth-order valence-corrected chi connectivity index (χ4v) is 3.92. The number of nitrogens with one attached hydrogen (secondary N) is 1. The van der Waals surface area contributed by atoms with Crippen LogP contribution in [-0.4, -0.2) is 36.4 Å². The van der Waals surface area contributed by atoms with E-state index in [1.165, 1.54) is 0 Å². The van der Waals surface area contributed by atoms with Crippen molar-refractivity contribution in [3.8, 4) is 5.75 Å². The average Bonchev–Trinajstić information content (AvgIpc) is 2.83. The lowest BCUT2D eigenvalue weighted by atomic mass is 10.0. The second-order valence-electron chi connectivity index (χ2n) is 7.77. The number of benzene rings is 3. The topological polar surface area (TPSA) is 58.6 Å². The van der Waals surface area contributed by atoms with Gasteiger partial charge in [-0.2, -0.15) is 0 Å². The molecule has 0 saturated carbocycles. The molecule has 0 bridgehead atoms. The van der Waals surface area contributed by atoms with E-state index in [1.54, 1.807) is 12.0 Å². The number of carbonyl (C=O) groups is 2. The number of nitrogens with zero attached hydrogens (tertiary/aromatic N) is 1. The molecule has 0 aliphatic heterocycles. The van der Waals surface area contributed by atoms with Crippen molar-refractivity contribution in [3.63, 3.8) is 0 Å². The monoisotopic (exact) mass is 508 g/mol. The molecule has 0 spiro atoms. The summed E-state index contributed by atoms with van der Waals surface area (Å²) in [5, 5.41) is 2.92. The van der Waals surface area contributed by atoms with Crippen LogP contribution in [0, 0.1) is 0 Å². The Morgan fingerprint density at radius 2 is 1.55 bits per heavy atom. The van der Waals surface area contributed by atoms with Gasteiger partial charge in [-0.1, -0.05) is 70.5 Å². The maximum Gasteiger partial charge on any atom is 0.243 e. The summed E-state index contributed by atoms with van der Waals surface area (Å²) >= 11 is 3.46. The molecular weight excluding hydrogens is 480 g/mol. The van der Waals surface area contributed by atoms with Crippen molar-refractivity contribution in [2.75, 3.05) is 13.7 Å². The molecule has 3 aromatic carbocycles. The maximum absolute atomic E-state index is 13.6. The number of hydrogen-bond donors (Lipinski definition) is 1. The molecule has 2 amide bonds. The van der Waals surface area contributed by atoms with E-state index in [1.807, 2.05) is 85.8 Å². The Morgan fingerprint density at radius 3 is 2.15 bits per heavy atom. The number of likely N-dealkylation sites (N-methyl/N-ethyl adjacent to an activating group) is 1. The minimum Gasteiger partial charge on any atom is -0.497 e. The van der Waals surface area contributed by atoms with Crippen LogP contribution in [0.3, 0.4) is 0 Å². The number of amides is 2. The number of methoxy groups -OCH3 is 1. The highest BCUT2D eigenvalue weighted by molar-refractivity contribution is 9.10. The number of halogens is 1. The van der Waals surface area contributed by atoms with Crippen LogP contribution >= 0.6 is 15.9 Å². The molecule has 33 heavy (non-hydrogen) atoms. The second-order valence-corrected chi connectivity index (χ2v) is 8.69. The lowest BCUT2D eigenvalue weighted by Gasteiger charge is -2.31. The first-order valence-electron chi connectivity index (χ1n) is 11.0. The molecule has 0 fully saturated rings. The van der Waals surface area contributed by atoms with Gasteiger partial charge in [-0.15, -0.1) is 0 Å². The van der Waals surface area contributed by atoms with E-state index in [9.17, 15) is 9.59 Å². The van der Waals surface area contributed by atoms with Crippen molar-refractivity contribution in [1.82, 2.24) is 10.2 Å². The van der Waals surface area contributed by atoms with Gasteiger partial charge < -0.3 is 15.0 Å². The van der Waals surface area contributed by atoms with Crippen molar-refractivity contribution in [3.05, 3.63) is 100 Å². The summed E-state index contributed by atoms with van der Waals surface area (Å²) in [5.41, 5.74) is 2.84. The molecule has 1 unspecified atom stereocenters. The number of rotatable bonds is 10. The Labute approximate surface area is 203 Å². The zero-order valence-electron chi connectivity index (χ0n) is 19.0. The maximum atomic E-state index is 13.6. The first-order valence-corrected chi connectivity index (χ1v) is 11.8. The van der Waals surface area contributed by atoms with Crippen LogP contribution in [0.15, 0.2) is 83.3 Å². The normalized spacial score (nSPS) is 11.5. The summed E-state index contributed by atoms with van der Waals surface area (Å²) in [6.07, 6.45) is 0.642. The van der Waals surface area contributed by atoms with E-state index in [2.05, 4.69) is 21.2 Å². The van der Waals surface area contributed by atoms with Crippen molar-refractivity contribution in [1.29, 1.82) is 0 Å². The molecule has 0 heterocycles. The predicted octanol–water partition coefficient (Wildman–Crippen LogP) is 4.78. The van der Waals surface area contributed by atoms with Crippen molar-refractivity contribution < 1.29 is 14.3 Å². The highest BCUT2D eigenvalue weighted by atomic mass is 79.9. The molecule has 1 N–H and O–H groups in total. The molecule has 5 nitrogen and oxygen atoms in total. The van der Waals surface area contributed by atoms with Gasteiger partial charge in [-0.05, 0) is 47.9 Å². The molecule has 0 aliphatic carbocycles. The Bertz CT molecular complexity index is 1040. The molecular formula is C27H29BrN2O3. The van der Waals surface area contributed by atoms with E-state index >= 15 is 0 Å². The zero-order chi connectivity index (χ0) is 23.6. The molecule has 1 atom stereocenters. The van der Waals surface area contributed by atoms with Gasteiger partial charge in [0, 0.05) is 24.0 Å². The molecule has 0 aromatic heterocycles. The molecule has 0 aliphatic rings. The van der Waals surface area contributed by atoms with E-state index in [-0.39, 0.29) is 18.2 Å². The molecule has 3 rings (SSSR count). The van der Waals surface area contributed by atoms with Gasteiger partial charge in [-0.3, -0.25) is 9.59 Å². The van der Waals surface area contributed by atoms with Crippen LogP contribution < -0.4 is 10.1 Å². The number of hydrogen-bond acceptors (Lipinski definition) is 3. The van der Waals surface area contributed by atoms with Crippen LogP contribution in [0.1, 0.15) is 23.6 Å². The quantitative estimate of drug-likeness (QED) is 0.428. The third-order valence-corrected chi connectivity index (χ3v) is 5.93. The summed E-state index contributed by atoms with van der Waals surface area (Å²) in [6, 6.07) is 24.4. The number of carbonyl (C=O) groups excluding carboxylic acids is 2. The summed E-state index contributed by atoms with van der Waals surface area (Å²) in [7, 11) is 1.61. The standard InChI is InChI=1S/C27H29BrN2O3/c1-3-29-27(32)25(17-20-7-5-4-6-8-20)30(19-22-9-13-23(28)14-10-22)26(31)18-21-11-15-24(33-2)16-12-21/h4-16,25H,3,17-19H2,1-2H3,(H,29,32). The van der Waals surface area contributed by atoms with Gasteiger partial charge in [0.15, 0.2) is 0 Å². The van der Waals surface area contributed by atoms with E-state index in [0.29, 0.717) is 19.5 Å². The summed E-state index contributed by atoms with van der Waals surface area (Å²) < 4.78 is 6.19. The Kier molecular flexibility index (Phi) is 9.07. The summed E-state index contributed by atoms with van der Waals surface area (Å²) in [6.45, 7) is 2.73. The molecule has 3 aromatic rings. The smallest absolute Gasteiger partial charge is 0.243 e. The summed E-state index contributed by atoms with van der Waals surface area (Å²) in [5.74, 6) is 0.485. The molecule has 0 radical (unpaired) electrons. The Morgan fingerprint density at radius 1 is 0.909 bits per heavy atom. The first-order chi connectivity index (χ1) is 16.0. The third-order valence-electron chi connectivity index (χ3n) is 5.40. The zero-order valence-corrected chi connectivity index (χ0v) is 20.5. The largest absolute Gasteiger partial charge is 0.497 e. The predicted molar refractivity (Wildman–Crippen MR) is 134 cm³/mol. The summed E-state index contributed by atoms with van der Waals surface area (Å²) in [4.78, 5) is 28.4. The van der Waals surface area contributed by atoms with Crippen LogP contribution in [0.25, 0.3) is 0 Å². The minimum atomic E-state index is -0.623. The first kappa shape index (κ1) is 24.5. The molecule has 172 valence electrons. The fourth-order valence-electron chi connectivity index (χ4n) is 3.65.